The number of piperidine rings is 1. The van der Waals surface area contributed by atoms with Crippen LogP contribution < -0.4 is 5.32 Å². The minimum Gasteiger partial charge on any atom is -0.444 e. The number of Topliss-reactive ketones (excluding diaryl/α,β-unsaturated/α-hetero) is 1. The molecular formula is C32H31FN4O4. The standard InChI is InChI=1S/C32H31FN4O4/c1-31(2,3)41-30(40)37-11-9-32(10-12-37)16-27(38)23-8-7-19(14-26(23)32)25-18-35-28-24(25)13-20(17-34-28)29(39)36-22-6-4-5-21(33)15-22/h4-8,13-15,17-18H,9-12,16H2,1-3H3,(H,34,35)(H,36,39). The molecule has 41 heavy (non-hydrogen) atoms. The van der Waals surface area contributed by atoms with Gasteiger partial charge in [0.2, 0.25) is 0 Å². The third-order valence-corrected chi connectivity index (χ3v) is 7.95. The van der Waals surface area contributed by atoms with Gasteiger partial charge >= 0.3 is 6.09 Å². The number of hydrogen-bond acceptors (Lipinski definition) is 5. The van der Waals surface area contributed by atoms with Crippen LogP contribution in [-0.4, -0.2) is 51.3 Å². The van der Waals surface area contributed by atoms with Gasteiger partial charge in [0.25, 0.3) is 5.91 Å². The summed E-state index contributed by atoms with van der Waals surface area (Å²) in [5, 5.41) is 3.47. The van der Waals surface area contributed by atoms with Crippen molar-refractivity contribution in [3.05, 3.63) is 83.4 Å². The van der Waals surface area contributed by atoms with Crippen molar-refractivity contribution in [2.24, 2.45) is 0 Å². The summed E-state index contributed by atoms with van der Waals surface area (Å²) in [5.74, 6) is -0.714. The predicted molar refractivity (Wildman–Crippen MR) is 154 cm³/mol. The number of aromatic nitrogens is 2. The molecule has 210 valence electrons. The van der Waals surface area contributed by atoms with Gasteiger partial charge in [0.15, 0.2) is 5.78 Å². The van der Waals surface area contributed by atoms with Crippen molar-refractivity contribution in [2.45, 2.75) is 51.0 Å². The quantitative estimate of drug-likeness (QED) is 0.302. The van der Waals surface area contributed by atoms with Crippen molar-refractivity contribution in [3.63, 3.8) is 0 Å². The third-order valence-electron chi connectivity index (χ3n) is 7.95. The molecule has 0 radical (unpaired) electrons. The number of H-pyrrole nitrogens is 1. The van der Waals surface area contributed by atoms with E-state index in [4.69, 9.17) is 4.74 Å². The van der Waals surface area contributed by atoms with Crippen LogP contribution in [0.5, 0.6) is 0 Å². The zero-order chi connectivity index (χ0) is 28.9. The van der Waals surface area contributed by atoms with Crippen molar-refractivity contribution < 1.29 is 23.5 Å². The van der Waals surface area contributed by atoms with Gasteiger partial charge in [0.1, 0.15) is 17.1 Å². The summed E-state index contributed by atoms with van der Waals surface area (Å²) in [6, 6.07) is 13.4. The molecule has 9 heteroatoms. The van der Waals surface area contributed by atoms with Crippen LogP contribution >= 0.6 is 0 Å². The van der Waals surface area contributed by atoms with Gasteiger partial charge in [-0.2, -0.15) is 0 Å². The fourth-order valence-electron chi connectivity index (χ4n) is 5.92. The first-order valence-corrected chi connectivity index (χ1v) is 13.7. The summed E-state index contributed by atoms with van der Waals surface area (Å²) >= 11 is 0. The molecule has 2 amide bonds. The molecule has 6 rings (SSSR count). The Hall–Kier alpha value is -4.53. The van der Waals surface area contributed by atoms with E-state index in [0.29, 0.717) is 49.2 Å². The number of ether oxygens (including phenoxy) is 1. The number of pyridine rings is 1. The Morgan fingerprint density at radius 1 is 1.07 bits per heavy atom. The van der Waals surface area contributed by atoms with Crippen molar-refractivity contribution in [1.82, 2.24) is 14.9 Å². The Labute approximate surface area is 236 Å². The van der Waals surface area contributed by atoms with Crippen LogP contribution in [0.15, 0.2) is 60.9 Å². The van der Waals surface area contributed by atoms with E-state index < -0.39 is 17.3 Å². The highest BCUT2D eigenvalue weighted by molar-refractivity contribution is 6.07. The SMILES string of the molecule is CC(C)(C)OC(=O)N1CCC2(CC1)CC(=O)c1ccc(-c3c[nH]c4ncc(C(=O)Nc5cccc(F)c5)cc34)cc12. The molecule has 2 aliphatic rings. The second-order valence-electron chi connectivity index (χ2n) is 11.9. The number of halogens is 1. The number of carbonyl (C=O) groups excluding carboxylic acids is 3. The summed E-state index contributed by atoms with van der Waals surface area (Å²) in [6.07, 6.45) is 4.78. The minimum atomic E-state index is -0.564. The molecule has 1 saturated heterocycles. The van der Waals surface area contributed by atoms with Crippen LogP contribution in [0.3, 0.4) is 0 Å². The largest absolute Gasteiger partial charge is 0.444 e. The van der Waals surface area contributed by atoms with Crippen LogP contribution in [0.1, 0.15) is 66.3 Å². The maximum absolute atomic E-state index is 13.6. The van der Waals surface area contributed by atoms with Crippen molar-refractivity contribution in [2.75, 3.05) is 18.4 Å². The average molecular weight is 555 g/mol. The Morgan fingerprint density at radius 2 is 1.85 bits per heavy atom. The number of benzene rings is 2. The van der Waals surface area contributed by atoms with Crippen molar-refractivity contribution >= 4 is 34.5 Å². The molecule has 2 aromatic carbocycles. The van der Waals surface area contributed by atoms with E-state index in [-0.39, 0.29) is 17.3 Å². The smallest absolute Gasteiger partial charge is 0.410 e. The number of ketones is 1. The van der Waals surface area contributed by atoms with Gasteiger partial charge in [-0.3, -0.25) is 9.59 Å². The van der Waals surface area contributed by atoms with Gasteiger partial charge in [0.05, 0.1) is 5.56 Å². The first kappa shape index (κ1) is 26.7. The summed E-state index contributed by atoms with van der Waals surface area (Å²) in [6.45, 7) is 6.59. The van der Waals surface area contributed by atoms with Gasteiger partial charge in [0, 0.05) is 59.5 Å². The Kier molecular flexibility index (Phi) is 6.40. The topological polar surface area (TPSA) is 104 Å². The van der Waals surface area contributed by atoms with E-state index in [1.165, 1.54) is 24.4 Å². The van der Waals surface area contributed by atoms with Crippen LogP contribution in [0.4, 0.5) is 14.9 Å². The van der Waals surface area contributed by atoms with E-state index in [9.17, 15) is 18.8 Å². The zero-order valence-electron chi connectivity index (χ0n) is 23.2. The highest BCUT2D eigenvalue weighted by atomic mass is 19.1. The first-order valence-electron chi connectivity index (χ1n) is 13.7. The molecule has 1 aliphatic carbocycles. The zero-order valence-corrected chi connectivity index (χ0v) is 23.2. The fourth-order valence-corrected chi connectivity index (χ4v) is 5.92. The normalized spacial score (nSPS) is 16.2. The molecule has 0 saturated carbocycles. The molecule has 0 unspecified atom stereocenters. The molecule has 1 spiro atoms. The number of nitrogens with zero attached hydrogens (tertiary/aromatic N) is 2. The lowest BCUT2D eigenvalue weighted by atomic mass is 9.73. The molecule has 0 bridgehead atoms. The number of likely N-dealkylation sites (tertiary alicyclic amines) is 1. The molecule has 3 heterocycles. The number of aromatic amines is 1. The summed E-state index contributed by atoms with van der Waals surface area (Å²) < 4.78 is 19.1. The Bertz CT molecular complexity index is 1700. The minimum absolute atomic E-state index is 0.120. The lowest BCUT2D eigenvalue weighted by Gasteiger charge is -2.40. The number of hydrogen-bond donors (Lipinski definition) is 2. The number of fused-ring (bicyclic) bond motifs is 3. The van der Waals surface area contributed by atoms with Crippen molar-refractivity contribution in [3.8, 4) is 11.1 Å². The van der Waals surface area contributed by atoms with Gasteiger partial charge in [-0.25, -0.2) is 14.2 Å². The van der Waals surface area contributed by atoms with E-state index >= 15 is 0 Å². The number of rotatable bonds is 3. The Balaban J connectivity index is 1.28. The Morgan fingerprint density at radius 3 is 2.59 bits per heavy atom. The molecule has 2 N–H and O–H groups in total. The second-order valence-corrected chi connectivity index (χ2v) is 11.9. The number of carbonyl (C=O) groups is 3. The molecular weight excluding hydrogens is 523 g/mol. The number of nitrogens with one attached hydrogen (secondary N) is 2. The van der Waals surface area contributed by atoms with Gasteiger partial charge in [-0.05, 0) is 75.1 Å². The van der Waals surface area contributed by atoms with Crippen LogP contribution in [0.25, 0.3) is 22.2 Å². The van der Waals surface area contributed by atoms with E-state index in [0.717, 1.165) is 27.6 Å². The van der Waals surface area contributed by atoms with Crippen molar-refractivity contribution in [1.29, 1.82) is 0 Å². The number of anilines is 1. The van der Waals surface area contributed by atoms with Gasteiger partial charge < -0.3 is 19.9 Å². The lowest BCUT2D eigenvalue weighted by molar-refractivity contribution is 0.0165. The van der Waals surface area contributed by atoms with Gasteiger partial charge in [-0.15, -0.1) is 0 Å². The molecule has 1 aliphatic heterocycles. The van der Waals surface area contributed by atoms with Crippen LogP contribution in [-0.2, 0) is 10.2 Å². The van der Waals surface area contributed by atoms with E-state index in [2.05, 4.69) is 21.4 Å². The first-order chi connectivity index (χ1) is 19.5. The van der Waals surface area contributed by atoms with Crippen LogP contribution in [0, 0.1) is 5.82 Å². The predicted octanol–water partition coefficient (Wildman–Crippen LogP) is 6.48. The van der Waals surface area contributed by atoms with Gasteiger partial charge in [-0.1, -0.05) is 18.2 Å². The highest BCUT2D eigenvalue weighted by Crippen LogP contribution is 2.48. The van der Waals surface area contributed by atoms with E-state index in [1.54, 1.807) is 17.0 Å². The third kappa shape index (κ3) is 5.08. The molecule has 1 fully saturated rings. The summed E-state index contributed by atoms with van der Waals surface area (Å²) in [4.78, 5) is 47.9. The fraction of sp³-hybridized carbons (Fsp3) is 0.312. The highest BCUT2D eigenvalue weighted by Gasteiger charge is 2.46. The molecule has 8 nitrogen and oxygen atoms in total. The maximum Gasteiger partial charge on any atom is 0.410 e. The second kappa shape index (κ2) is 9.83. The average Bonchev–Trinajstić information content (AvgIpc) is 3.46. The molecule has 2 aromatic heterocycles. The monoisotopic (exact) mass is 554 g/mol. The maximum atomic E-state index is 13.6. The van der Waals surface area contributed by atoms with E-state index in [1.807, 2.05) is 39.1 Å². The summed E-state index contributed by atoms with van der Waals surface area (Å²) in [5.41, 5.74) is 3.92. The summed E-state index contributed by atoms with van der Waals surface area (Å²) in [7, 11) is 0. The molecule has 4 aromatic rings. The number of amides is 2. The molecule has 0 atom stereocenters. The lowest BCUT2D eigenvalue weighted by Crippen LogP contribution is -2.46. The van der Waals surface area contributed by atoms with Crippen LogP contribution in [0.2, 0.25) is 0 Å².